The Bertz CT molecular complexity index is 1010. The Morgan fingerprint density at radius 3 is 2.55 bits per heavy atom. The largest absolute Gasteiger partial charge is 0.503 e. The molecule has 164 valence electrons. The number of benzene rings is 2. The Morgan fingerprint density at radius 1 is 1.19 bits per heavy atom. The van der Waals surface area contributed by atoms with Crippen LogP contribution < -0.4 is 15.0 Å². The number of alkyl halides is 3. The van der Waals surface area contributed by atoms with Crippen molar-refractivity contribution < 1.29 is 27.8 Å². The first kappa shape index (κ1) is 21.2. The minimum absolute atomic E-state index is 0.0174. The summed E-state index contributed by atoms with van der Waals surface area (Å²) in [5, 5.41) is 14.1. The van der Waals surface area contributed by atoms with E-state index in [1.807, 2.05) is 0 Å². The van der Waals surface area contributed by atoms with Crippen molar-refractivity contribution in [1.29, 1.82) is 0 Å². The zero-order valence-corrected chi connectivity index (χ0v) is 17.0. The molecule has 1 unspecified atom stereocenters. The number of ether oxygens (including phenoxy) is 1. The number of carbonyl (C=O) groups excluding carboxylic acids is 1. The number of aliphatic hydroxyl groups excluding tert-OH is 1. The fourth-order valence-corrected chi connectivity index (χ4v) is 4.25. The molecule has 0 aromatic heterocycles. The van der Waals surface area contributed by atoms with Gasteiger partial charge < -0.3 is 20.1 Å². The van der Waals surface area contributed by atoms with Crippen LogP contribution in [0.2, 0.25) is 0 Å². The molecule has 0 radical (unpaired) electrons. The van der Waals surface area contributed by atoms with E-state index in [2.05, 4.69) is 5.32 Å². The van der Waals surface area contributed by atoms with E-state index in [9.17, 15) is 23.1 Å². The maximum atomic E-state index is 13.9. The Hall–Kier alpha value is -3.00. The first-order valence-corrected chi connectivity index (χ1v) is 10.1. The van der Waals surface area contributed by atoms with Crippen LogP contribution in [0.1, 0.15) is 29.5 Å². The number of rotatable bonds is 4. The molecule has 5 nitrogen and oxygen atoms in total. The van der Waals surface area contributed by atoms with Crippen molar-refractivity contribution in [1.82, 2.24) is 5.32 Å². The molecule has 2 heterocycles. The number of allylic oxidation sites excluding steroid dienone is 1. The number of aliphatic hydroxyl groups is 1. The second-order valence-corrected chi connectivity index (χ2v) is 7.74. The molecule has 2 N–H and O–H groups in total. The number of nitrogens with one attached hydrogen (secondary N) is 1. The van der Waals surface area contributed by atoms with Gasteiger partial charge >= 0.3 is 6.18 Å². The highest BCUT2D eigenvalue weighted by Gasteiger charge is 2.39. The molecule has 31 heavy (non-hydrogen) atoms. The van der Waals surface area contributed by atoms with Gasteiger partial charge in [-0.3, -0.25) is 4.79 Å². The van der Waals surface area contributed by atoms with Gasteiger partial charge in [-0.25, -0.2) is 0 Å². The van der Waals surface area contributed by atoms with E-state index in [1.165, 1.54) is 24.1 Å². The lowest BCUT2D eigenvalue weighted by molar-refractivity contribution is -0.138. The molecule has 0 aliphatic carbocycles. The summed E-state index contributed by atoms with van der Waals surface area (Å²) in [6.07, 6.45) is -3.06. The lowest BCUT2D eigenvalue weighted by atomic mass is 9.93. The fraction of sp³-hybridized carbons (Fsp3) is 0.348. The van der Waals surface area contributed by atoms with Crippen molar-refractivity contribution in [3.63, 3.8) is 0 Å². The van der Waals surface area contributed by atoms with Crippen molar-refractivity contribution in [2.45, 2.75) is 31.5 Å². The molecule has 0 spiro atoms. The van der Waals surface area contributed by atoms with E-state index in [-0.39, 0.29) is 35.8 Å². The maximum absolute atomic E-state index is 13.9. The van der Waals surface area contributed by atoms with E-state index in [0.717, 1.165) is 25.5 Å². The van der Waals surface area contributed by atoms with E-state index in [4.69, 9.17) is 4.74 Å². The van der Waals surface area contributed by atoms with Crippen molar-refractivity contribution in [2.75, 3.05) is 25.1 Å². The minimum atomic E-state index is -4.59. The lowest BCUT2D eigenvalue weighted by Crippen LogP contribution is -2.42. The van der Waals surface area contributed by atoms with Crippen LogP contribution in [0.3, 0.4) is 0 Å². The molecule has 8 heteroatoms. The van der Waals surface area contributed by atoms with Crippen LogP contribution in [0, 0.1) is 0 Å². The minimum Gasteiger partial charge on any atom is -0.503 e. The normalized spacial score (nSPS) is 19.4. The number of carbonyl (C=O) groups is 1. The molecular weight excluding hydrogens is 409 g/mol. The van der Waals surface area contributed by atoms with E-state index in [1.54, 1.807) is 24.3 Å². The number of fused-ring (bicyclic) bond motifs is 1. The summed E-state index contributed by atoms with van der Waals surface area (Å²) in [5.41, 5.74) is -0.00871. The lowest BCUT2D eigenvalue weighted by Gasteiger charge is -2.27. The zero-order chi connectivity index (χ0) is 22.2. The number of methoxy groups -OCH3 is 1. The van der Waals surface area contributed by atoms with Crippen molar-refractivity contribution in [2.24, 2.45) is 0 Å². The number of amides is 1. The van der Waals surface area contributed by atoms with Crippen LogP contribution in [0.15, 0.2) is 48.2 Å². The van der Waals surface area contributed by atoms with Gasteiger partial charge in [0, 0.05) is 30.3 Å². The van der Waals surface area contributed by atoms with Gasteiger partial charge in [0.25, 0.3) is 5.91 Å². The average Bonchev–Trinajstić information content (AvgIpc) is 3.24. The highest BCUT2D eigenvalue weighted by molar-refractivity contribution is 6.10. The SMILES string of the molecule is COc1ccc(C2=C(O)C(=O)N(CC3CCCN3)c3cccc(C(F)(F)F)c3C2)cc1. The third-order valence-corrected chi connectivity index (χ3v) is 5.84. The summed E-state index contributed by atoms with van der Waals surface area (Å²) in [6, 6.07) is 10.3. The van der Waals surface area contributed by atoms with Crippen LogP contribution >= 0.6 is 0 Å². The predicted octanol–water partition coefficient (Wildman–Crippen LogP) is 4.32. The quantitative estimate of drug-likeness (QED) is 0.755. The second kappa shape index (κ2) is 8.26. The van der Waals surface area contributed by atoms with E-state index in [0.29, 0.717) is 11.3 Å². The zero-order valence-electron chi connectivity index (χ0n) is 17.0. The predicted molar refractivity (Wildman–Crippen MR) is 111 cm³/mol. The smallest absolute Gasteiger partial charge is 0.416 e. The summed E-state index contributed by atoms with van der Waals surface area (Å²) in [5.74, 6) is -0.667. The van der Waals surface area contributed by atoms with Crippen LogP contribution in [-0.4, -0.2) is 37.3 Å². The number of nitrogens with zero attached hydrogens (tertiary/aromatic N) is 1. The maximum Gasteiger partial charge on any atom is 0.416 e. The number of hydrogen-bond donors (Lipinski definition) is 2. The van der Waals surface area contributed by atoms with Crippen molar-refractivity contribution >= 4 is 17.2 Å². The standard InChI is InChI=1S/C23H23F3N2O3/c1-31-16-9-7-14(8-10-16)17-12-18-19(23(24,25)26)5-2-6-20(18)28(22(30)21(17)29)13-15-4-3-11-27-15/h2,5-10,15,27,29H,3-4,11-13H2,1H3. The molecule has 4 rings (SSSR count). The van der Waals surface area contributed by atoms with Crippen LogP contribution in [-0.2, 0) is 17.4 Å². The molecule has 2 aliphatic rings. The van der Waals surface area contributed by atoms with E-state index >= 15 is 0 Å². The Kier molecular flexibility index (Phi) is 5.66. The van der Waals surface area contributed by atoms with Crippen molar-refractivity contribution in [3.05, 3.63) is 64.9 Å². The number of halogens is 3. The van der Waals surface area contributed by atoms with Crippen LogP contribution in [0.5, 0.6) is 5.75 Å². The molecule has 0 bridgehead atoms. The third-order valence-electron chi connectivity index (χ3n) is 5.84. The fourth-order valence-electron chi connectivity index (χ4n) is 4.25. The van der Waals surface area contributed by atoms with Gasteiger partial charge in [0.15, 0.2) is 5.76 Å². The van der Waals surface area contributed by atoms with Crippen molar-refractivity contribution in [3.8, 4) is 5.75 Å². The highest BCUT2D eigenvalue weighted by Crippen LogP contribution is 2.41. The monoisotopic (exact) mass is 432 g/mol. The number of anilines is 1. The van der Waals surface area contributed by atoms with Gasteiger partial charge in [-0.15, -0.1) is 0 Å². The summed E-state index contributed by atoms with van der Waals surface area (Å²) >= 11 is 0. The van der Waals surface area contributed by atoms with E-state index < -0.39 is 23.4 Å². The Labute approximate surface area is 178 Å². The van der Waals surface area contributed by atoms with Gasteiger partial charge in [0.1, 0.15) is 5.75 Å². The summed E-state index contributed by atoms with van der Waals surface area (Å²) in [6.45, 7) is 0.980. The summed E-state index contributed by atoms with van der Waals surface area (Å²) in [4.78, 5) is 14.5. The second-order valence-electron chi connectivity index (χ2n) is 7.74. The highest BCUT2D eigenvalue weighted by atomic mass is 19.4. The topological polar surface area (TPSA) is 61.8 Å². The molecule has 2 aromatic rings. The molecule has 1 saturated heterocycles. The Balaban J connectivity index is 1.86. The molecule has 1 fully saturated rings. The summed E-state index contributed by atoms with van der Waals surface area (Å²) in [7, 11) is 1.50. The van der Waals surface area contributed by atoms with Crippen LogP contribution in [0.25, 0.3) is 5.57 Å². The molecule has 2 aliphatic heterocycles. The summed E-state index contributed by atoms with van der Waals surface area (Å²) < 4.78 is 46.7. The third kappa shape index (κ3) is 4.12. The Morgan fingerprint density at radius 2 is 1.94 bits per heavy atom. The van der Waals surface area contributed by atoms with Gasteiger partial charge in [-0.2, -0.15) is 13.2 Å². The molecule has 2 aromatic carbocycles. The molecule has 1 amide bonds. The number of hydrogen-bond acceptors (Lipinski definition) is 4. The molecule has 0 saturated carbocycles. The van der Waals surface area contributed by atoms with Gasteiger partial charge in [-0.05, 0) is 54.8 Å². The van der Waals surface area contributed by atoms with Gasteiger partial charge in [0.2, 0.25) is 0 Å². The molecular formula is C23H23F3N2O3. The first-order chi connectivity index (χ1) is 14.8. The average molecular weight is 432 g/mol. The first-order valence-electron chi connectivity index (χ1n) is 10.1. The van der Waals surface area contributed by atoms with Crippen LogP contribution in [0.4, 0.5) is 18.9 Å². The molecule has 1 atom stereocenters. The van der Waals surface area contributed by atoms with Gasteiger partial charge in [0.05, 0.1) is 12.7 Å². The van der Waals surface area contributed by atoms with Gasteiger partial charge in [-0.1, -0.05) is 18.2 Å².